The van der Waals surface area contributed by atoms with Gasteiger partial charge in [-0.25, -0.2) is 13.2 Å². The van der Waals surface area contributed by atoms with Crippen LogP contribution in [0, 0.1) is 12.8 Å². The topological polar surface area (TPSA) is 63.7 Å². The second-order valence-corrected chi connectivity index (χ2v) is 7.98. The summed E-state index contributed by atoms with van der Waals surface area (Å²) in [4.78, 5) is 11.9. The van der Waals surface area contributed by atoms with Crippen molar-refractivity contribution in [3.05, 3.63) is 42.0 Å². The zero-order valence-corrected chi connectivity index (χ0v) is 14.3. The molecule has 1 aromatic carbocycles. The predicted octanol–water partition coefficient (Wildman–Crippen LogP) is 2.42. The molecule has 1 aliphatic heterocycles. The van der Waals surface area contributed by atoms with E-state index >= 15 is 0 Å². The van der Waals surface area contributed by atoms with Crippen LogP contribution in [-0.4, -0.2) is 43.6 Å². The number of alkyl halides is 3. The molecule has 0 unspecified atom stereocenters. The number of esters is 1. The number of sulfonamides is 1. The minimum Gasteiger partial charge on any atom is -0.467 e. The van der Waals surface area contributed by atoms with Crippen molar-refractivity contribution in [2.24, 2.45) is 5.92 Å². The van der Waals surface area contributed by atoms with Crippen LogP contribution in [0.3, 0.4) is 0 Å². The molecule has 0 radical (unpaired) electrons. The Labute approximate surface area is 143 Å². The van der Waals surface area contributed by atoms with Gasteiger partial charge in [-0.2, -0.15) is 17.5 Å². The summed E-state index contributed by atoms with van der Waals surface area (Å²) in [6.07, 6.45) is -2.60. The van der Waals surface area contributed by atoms with Crippen molar-refractivity contribution in [2.75, 3.05) is 7.11 Å². The van der Waals surface area contributed by atoms with E-state index in [4.69, 9.17) is 0 Å². The number of aryl methyl sites for hydroxylation is 1. The number of hydrogen-bond acceptors (Lipinski definition) is 4. The fourth-order valence-corrected chi connectivity index (χ4v) is 5.54. The molecule has 2 aliphatic rings. The van der Waals surface area contributed by atoms with Crippen molar-refractivity contribution in [3.63, 3.8) is 0 Å². The lowest BCUT2D eigenvalue weighted by molar-refractivity contribution is -0.230. The third-order valence-corrected chi connectivity index (χ3v) is 6.70. The molecule has 1 aliphatic carbocycles. The summed E-state index contributed by atoms with van der Waals surface area (Å²) in [5.41, 5.74) is -2.48. The van der Waals surface area contributed by atoms with Crippen LogP contribution in [0.2, 0.25) is 0 Å². The Morgan fingerprint density at radius 1 is 1.24 bits per heavy atom. The summed E-state index contributed by atoms with van der Waals surface area (Å²) in [5.74, 6) is -2.93. The Hall–Kier alpha value is -1.87. The van der Waals surface area contributed by atoms with Crippen LogP contribution >= 0.6 is 0 Å². The van der Waals surface area contributed by atoms with E-state index in [1.807, 2.05) is 0 Å². The van der Waals surface area contributed by atoms with Crippen molar-refractivity contribution < 1.29 is 31.1 Å². The third-order valence-electron chi connectivity index (χ3n) is 4.75. The van der Waals surface area contributed by atoms with Crippen molar-refractivity contribution in [1.29, 1.82) is 0 Å². The van der Waals surface area contributed by atoms with E-state index in [9.17, 15) is 26.4 Å². The molecule has 3 rings (SSSR count). The molecular weight excluding hydrogens is 359 g/mol. The molecule has 1 heterocycles. The maximum Gasteiger partial charge on any atom is 0.419 e. The van der Waals surface area contributed by atoms with E-state index < -0.39 is 39.7 Å². The smallest absolute Gasteiger partial charge is 0.419 e. The molecule has 0 spiro atoms. The SMILES string of the molecule is COC(=O)[C@@]1(C(F)(F)F)[C@H]2C=C[C@H](C2)N1S(=O)(=O)c1ccc(C)cc1. The van der Waals surface area contributed by atoms with Gasteiger partial charge in [0, 0.05) is 12.0 Å². The number of nitrogens with zero attached hydrogens (tertiary/aromatic N) is 1. The lowest BCUT2D eigenvalue weighted by atomic mass is 9.85. The Bertz CT molecular complexity index is 832. The van der Waals surface area contributed by atoms with Crippen LogP contribution in [0.5, 0.6) is 0 Å². The van der Waals surface area contributed by atoms with Gasteiger partial charge in [0.15, 0.2) is 0 Å². The van der Waals surface area contributed by atoms with Gasteiger partial charge in [-0.1, -0.05) is 29.8 Å². The summed E-state index contributed by atoms with van der Waals surface area (Å²) in [5, 5.41) is 0. The number of rotatable bonds is 3. The second-order valence-electron chi connectivity index (χ2n) is 6.16. The highest BCUT2D eigenvalue weighted by molar-refractivity contribution is 7.89. The first-order chi connectivity index (χ1) is 11.6. The van der Waals surface area contributed by atoms with Crippen LogP contribution < -0.4 is 0 Å². The summed E-state index contributed by atoms with van der Waals surface area (Å²) in [6, 6.07) is 4.41. The van der Waals surface area contributed by atoms with Crippen LogP contribution in [0.15, 0.2) is 41.3 Å². The molecule has 3 atom stereocenters. The number of hydrogen-bond donors (Lipinski definition) is 0. The minimum absolute atomic E-state index is 0.111. The summed E-state index contributed by atoms with van der Waals surface area (Å²) in [7, 11) is -3.75. The first-order valence-corrected chi connectivity index (χ1v) is 8.95. The Morgan fingerprint density at radius 2 is 1.84 bits per heavy atom. The van der Waals surface area contributed by atoms with Gasteiger partial charge in [0.25, 0.3) is 0 Å². The van der Waals surface area contributed by atoms with Gasteiger partial charge in [0.05, 0.1) is 12.0 Å². The highest BCUT2D eigenvalue weighted by Crippen LogP contribution is 2.55. The van der Waals surface area contributed by atoms with E-state index in [1.54, 1.807) is 6.92 Å². The molecule has 1 saturated heterocycles. The number of carbonyl (C=O) groups excluding carboxylic acids is 1. The quantitative estimate of drug-likeness (QED) is 0.601. The fourth-order valence-electron chi connectivity index (χ4n) is 3.63. The van der Waals surface area contributed by atoms with Gasteiger partial charge >= 0.3 is 12.1 Å². The summed E-state index contributed by atoms with van der Waals surface area (Å²) >= 11 is 0. The number of halogens is 3. The molecule has 0 N–H and O–H groups in total. The molecular formula is C16H16F3NO4S. The van der Waals surface area contributed by atoms with Crippen molar-refractivity contribution in [1.82, 2.24) is 4.31 Å². The van der Waals surface area contributed by atoms with E-state index in [-0.39, 0.29) is 15.6 Å². The average Bonchev–Trinajstić information content (AvgIpc) is 3.13. The molecule has 9 heteroatoms. The highest BCUT2D eigenvalue weighted by atomic mass is 32.2. The number of fused-ring (bicyclic) bond motifs is 2. The van der Waals surface area contributed by atoms with Crippen molar-refractivity contribution in [3.8, 4) is 0 Å². The number of benzene rings is 1. The third kappa shape index (κ3) is 2.32. The van der Waals surface area contributed by atoms with Crippen LogP contribution in [0.1, 0.15) is 12.0 Å². The second kappa shape index (κ2) is 5.57. The van der Waals surface area contributed by atoms with Crippen molar-refractivity contribution >= 4 is 16.0 Å². The monoisotopic (exact) mass is 375 g/mol. The molecule has 0 aromatic heterocycles. The fraction of sp³-hybridized carbons (Fsp3) is 0.438. The zero-order valence-electron chi connectivity index (χ0n) is 13.4. The molecule has 1 fully saturated rings. The molecule has 25 heavy (non-hydrogen) atoms. The van der Waals surface area contributed by atoms with E-state index in [0.717, 1.165) is 12.7 Å². The Kier molecular flexibility index (Phi) is 3.99. The normalized spacial score (nSPS) is 29.2. The summed E-state index contributed by atoms with van der Waals surface area (Å²) in [6.45, 7) is 1.73. The molecule has 5 nitrogen and oxygen atoms in total. The van der Waals surface area contributed by atoms with E-state index in [2.05, 4.69) is 4.74 Å². The molecule has 136 valence electrons. The maximum absolute atomic E-state index is 14.0. The Balaban J connectivity index is 2.23. The average molecular weight is 375 g/mol. The number of carbonyl (C=O) groups is 1. The molecule has 0 saturated carbocycles. The lowest BCUT2D eigenvalue weighted by Crippen LogP contribution is -2.67. The van der Waals surface area contributed by atoms with Crippen LogP contribution in [-0.2, 0) is 19.6 Å². The van der Waals surface area contributed by atoms with Crippen molar-refractivity contribution in [2.45, 2.75) is 36.0 Å². The summed E-state index contributed by atoms with van der Waals surface area (Å²) < 4.78 is 72.8. The van der Waals surface area contributed by atoms with Gasteiger partial charge in [-0.05, 0) is 25.5 Å². The lowest BCUT2D eigenvalue weighted by Gasteiger charge is -2.41. The Morgan fingerprint density at radius 3 is 2.36 bits per heavy atom. The van der Waals surface area contributed by atoms with Gasteiger partial charge in [0.1, 0.15) is 0 Å². The molecule has 1 aromatic rings. The van der Waals surface area contributed by atoms with Gasteiger partial charge < -0.3 is 4.74 Å². The first-order valence-electron chi connectivity index (χ1n) is 7.51. The van der Waals surface area contributed by atoms with E-state index in [0.29, 0.717) is 0 Å². The zero-order chi connectivity index (χ0) is 18.6. The highest BCUT2D eigenvalue weighted by Gasteiger charge is 2.76. The standard InChI is InChI=1S/C16H16F3NO4S/c1-10-3-7-13(8-4-10)25(22,23)20-12-6-5-11(9-12)15(20,14(21)24-2)16(17,18)19/h3-8,11-12H,9H2,1-2H3/t11-,12+,15+/m0/s1. The largest absolute Gasteiger partial charge is 0.467 e. The number of methoxy groups -OCH3 is 1. The van der Waals surface area contributed by atoms with Gasteiger partial charge in [0.2, 0.25) is 15.6 Å². The molecule has 0 amide bonds. The van der Waals surface area contributed by atoms with Gasteiger partial charge in [-0.15, -0.1) is 0 Å². The van der Waals surface area contributed by atoms with Crippen LogP contribution in [0.25, 0.3) is 0 Å². The van der Waals surface area contributed by atoms with Crippen LogP contribution in [0.4, 0.5) is 13.2 Å². The van der Waals surface area contributed by atoms with Gasteiger partial charge in [-0.3, -0.25) is 0 Å². The molecule has 2 bridgehead atoms. The maximum atomic E-state index is 14.0. The number of ether oxygens (including phenoxy) is 1. The van der Waals surface area contributed by atoms with E-state index in [1.165, 1.54) is 36.4 Å². The predicted molar refractivity (Wildman–Crippen MR) is 82.0 cm³/mol. The first kappa shape index (κ1) is 17.9. The minimum atomic E-state index is -5.12.